The van der Waals surface area contributed by atoms with E-state index in [2.05, 4.69) is 44.0 Å². The summed E-state index contributed by atoms with van der Waals surface area (Å²) in [6, 6.07) is 6.78. The van der Waals surface area contributed by atoms with Crippen LogP contribution in [0.3, 0.4) is 0 Å². The summed E-state index contributed by atoms with van der Waals surface area (Å²) in [5, 5.41) is 0. The number of rotatable bonds is 0. The van der Waals surface area contributed by atoms with Gasteiger partial charge in [-0.3, -0.25) is 4.98 Å². The lowest BCUT2D eigenvalue weighted by Gasteiger charge is -2.07. The average Bonchev–Trinajstić information content (AvgIpc) is 2.54. The highest BCUT2D eigenvalue weighted by molar-refractivity contribution is 5.79. The normalized spacial score (nSPS) is 12.4. The molecule has 0 aliphatic heterocycles. The quantitative estimate of drug-likeness (QED) is 0.551. The first-order chi connectivity index (χ1) is 7.65. The fourth-order valence-corrected chi connectivity index (χ4v) is 2.75. The monoisotopic (exact) mass is 209 g/mol. The maximum atomic E-state index is 4.39. The molecule has 0 fully saturated rings. The highest BCUT2D eigenvalue weighted by Gasteiger charge is 2.20. The number of hydrogen-bond donors (Lipinski definition) is 0. The van der Waals surface area contributed by atoms with Gasteiger partial charge in [0.1, 0.15) is 0 Å². The number of pyridine rings is 1. The van der Waals surface area contributed by atoms with Gasteiger partial charge in [0.15, 0.2) is 0 Å². The van der Waals surface area contributed by atoms with Crippen molar-refractivity contribution in [2.75, 3.05) is 0 Å². The molecular weight excluding hydrogens is 194 g/mol. The maximum Gasteiger partial charge on any atom is 0.0379 e. The van der Waals surface area contributed by atoms with E-state index in [1.165, 1.54) is 33.4 Å². The largest absolute Gasteiger partial charge is 0.261 e. The molecule has 80 valence electrons. The van der Waals surface area contributed by atoms with Crippen LogP contribution in [-0.4, -0.2) is 4.98 Å². The topological polar surface area (TPSA) is 12.9 Å². The zero-order chi connectivity index (χ0) is 11.3. The Labute approximate surface area is 96.2 Å². The summed E-state index contributed by atoms with van der Waals surface area (Å²) in [7, 11) is 0. The summed E-state index contributed by atoms with van der Waals surface area (Å²) in [4.78, 5) is 4.39. The molecule has 0 radical (unpaired) electrons. The van der Waals surface area contributed by atoms with Crippen LogP contribution < -0.4 is 0 Å². The van der Waals surface area contributed by atoms with Crippen molar-refractivity contribution in [1.29, 1.82) is 0 Å². The summed E-state index contributed by atoms with van der Waals surface area (Å²) in [5.74, 6) is 0. The summed E-state index contributed by atoms with van der Waals surface area (Å²) < 4.78 is 0. The van der Waals surface area contributed by atoms with Crippen LogP contribution >= 0.6 is 0 Å². The fraction of sp³-hybridized carbons (Fsp3) is 0.267. The van der Waals surface area contributed by atoms with E-state index in [-0.39, 0.29) is 0 Å². The van der Waals surface area contributed by atoms with E-state index in [0.29, 0.717) is 0 Å². The summed E-state index contributed by atoms with van der Waals surface area (Å²) >= 11 is 0. The smallest absolute Gasteiger partial charge is 0.0379 e. The van der Waals surface area contributed by atoms with Crippen molar-refractivity contribution in [3.8, 4) is 11.1 Å². The van der Waals surface area contributed by atoms with E-state index in [1.54, 1.807) is 0 Å². The van der Waals surface area contributed by atoms with Crippen molar-refractivity contribution in [3.63, 3.8) is 0 Å². The van der Waals surface area contributed by atoms with E-state index in [9.17, 15) is 0 Å². The molecule has 1 aliphatic carbocycles. The summed E-state index contributed by atoms with van der Waals surface area (Å²) in [6.45, 7) is 6.43. The molecule has 1 nitrogen and oxygen atoms in total. The molecule has 0 spiro atoms. The molecular formula is C15H15N. The SMILES string of the molecule is Cc1cc(C)c2c(c1)Cc1cnc(C)cc1-2. The lowest BCUT2D eigenvalue weighted by atomic mass is 9.98. The van der Waals surface area contributed by atoms with E-state index >= 15 is 0 Å². The second-order valence-corrected chi connectivity index (χ2v) is 4.78. The van der Waals surface area contributed by atoms with Crippen molar-refractivity contribution < 1.29 is 0 Å². The van der Waals surface area contributed by atoms with Crippen LogP contribution in [0.5, 0.6) is 0 Å². The standard InChI is InChI=1S/C15H15N/c1-9-4-10(2)15-12(5-9)7-13-8-16-11(3)6-14(13)15/h4-6,8H,7H2,1-3H3. The molecule has 1 heteroatoms. The first kappa shape index (κ1) is 9.59. The van der Waals surface area contributed by atoms with E-state index in [4.69, 9.17) is 0 Å². The number of aromatic nitrogens is 1. The van der Waals surface area contributed by atoms with Gasteiger partial charge in [0, 0.05) is 18.3 Å². The molecule has 0 atom stereocenters. The van der Waals surface area contributed by atoms with Crippen LogP contribution in [0.1, 0.15) is 27.9 Å². The van der Waals surface area contributed by atoms with Crippen LogP contribution in [-0.2, 0) is 6.42 Å². The molecule has 0 saturated heterocycles. The van der Waals surface area contributed by atoms with E-state index < -0.39 is 0 Å². The van der Waals surface area contributed by atoms with Gasteiger partial charge in [-0.15, -0.1) is 0 Å². The average molecular weight is 209 g/mol. The Balaban J connectivity index is 2.32. The predicted octanol–water partition coefficient (Wildman–Crippen LogP) is 3.58. The highest BCUT2D eigenvalue weighted by atomic mass is 14.7. The molecule has 1 aromatic heterocycles. The predicted molar refractivity (Wildman–Crippen MR) is 66.7 cm³/mol. The molecule has 1 heterocycles. The maximum absolute atomic E-state index is 4.39. The molecule has 1 aromatic carbocycles. The third kappa shape index (κ3) is 1.28. The highest BCUT2D eigenvalue weighted by Crippen LogP contribution is 2.39. The number of fused-ring (bicyclic) bond motifs is 3. The van der Waals surface area contributed by atoms with Crippen molar-refractivity contribution >= 4 is 0 Å². The van der Waals surface area contributed by atoms with Gasteiger partial charge >= 0.3 is 0 Å². The molecule has 0 unspecified atom stereocenters. The molecule has 0 saturated carbocycles. The molecule has 3 rings (SSSR count). The molecule has 0 N–H and O–H groups in total. The van der Waals surface area contributed by atoms with Crippen LogP contribution in [0.4, 0.5) is 0 Å². The zero-order valence-corrected chi connectivity index (χ0v) is 9.96. The van der Waals surface area contributed by atoms with Gasteiger partial charge in [0.25, 0.3) is 0 Å². The Morgan fingerprint density at radius 2 is 1.81 bits per heavy atom. The van der Waals surface area contributed by atoms with Crippen molar-refractivity contribution in [1.82, 2.24) is 4.98 Å². The summed E-state index contributed by atoms with van der Waals surface area (Å²) in [6.07, 6.45) is 3.07. The van der Waals surface area contributed by atoms with Crippen LogP contribution in [0.2, 0.25) is 0 Å². The Morgan fingerprint density at radius 1 is 1.00 bits per heavy atom. The van der Waals surface area contributed by atoms with Gasteiger partial charge in [-0.1, -0.05) is 17.7 Å². The molecule has 2 aromatic rings. The molecule has 0 bridgehead atoms. The number of hydrogen-bond acceptors (Lipinski definition) is 1. The first-order valence-corrected chi connectivity index (χ1v) is 5.71. The Hall–Kier alpha value is -1.63. The second-order valence-electron chi connectivity index (χ2n) is 4.78. The third-order valence-electron chi connectivity index (χ3n) is 3.33. The zero-order valence-electron chi connectivity index (χ0n) is 9.96. The first-order valence-electron chi connectivity index (χ1n) is 5.71. The van der Waals surface area contributed by atoms with Gasteiger partial charge in [0.05, 0.1) is 0 Å². The van der Waals surface area contributed by atoms with Crippen molar-refractivity contribution in [2.45, 2.75) is 27.2 Å². The Bertz CT molecular complexity index is 582. The Kier molecular flexibility index (Phi) is 1.90. The molecule has 1 aliphatic rings. The van der Waals surface area contributed by atoms with E-state index in [1.807, 2.05) is 6.20 Å². The fourth-order valence-electron chi connectivity index (χ4n) is 2.75. The minimum absolute atomic E-state index is 1.04. The third-order valence-corrected chi connectivity index (χ3v) is 3.33. The van der Waals surface area contributed by atoms with Crippen LogP contribution in [0, 0.1) is 20.8 Å². The van der Waals surface area contributed by atoms with E-state index in [0.717, 1.165) is 12.1 Å². The number of aryl methyl sites for hydroxylation is 3. The van der Waals surface area contributed by atoms with Crippen molar-refractivity contribution in [2.24, 2.45) is 0 Å². The van der Waals surface area contributed by atoms with Gasteiger partial charge in [-0.25, -0.2) is 0 Å². The van der Waals surface area contributed by atoms with Crippen molar-refractivity contribution in [3.05, 3.63) is 52.3 Å². The van der Waals surface area contributed by atoms with Crippen LogP contribution in [0.15, 0.2) is 24.4 Å². The summed E-state index contributed by atoms with van der Waals surface area (Å²) in [5.41, 5.74) is 9.50. The molecule has 16 heavy (non-hydrogen) atoms. The number of benzene rings is 1. The second kappa shape index (κ2) is 3.18. The molecule has 0 amide bonds. The minimum atomic E-state index is 1.04. The van der Waals surface area contributed by atoms with Gasteiger partial charge in [-0.2, -0.15) is 0 Å². The van der Waals surface area contributed by atoms with Gasteiger partial charge in [-0.05, 0) is 54.7 Å². The van der Waals surface area contributed by atoms with Crippen LogP contribution in [0.25, 0.3) is 11.1 Å². The van der Waals surface area contributed by atoms with Gasteiger partial charge in [0.2, 0.25) is 0 Å². The minimum Gasteiger partial charge on any atom is -0.261 e. The lowest BCUT2D eigenvalue weighted by Crippen LogP contribution is -1.87. The van der Waals surface area contributed by atoms with Gasteiger partial charge < -0.3 is 0 Å². The number of nitrogens with zero attached hydrogens (tertiary/aromatic N) is 1. The lowest BCUT2D eigenvalue weighted by molar-refractivity contribution is 1.14. The Morgan fingerprint density at radius 3 is 2.62 bits per heavy atom.